The van der Waals surface area contributed by atoms with E-state index in [2.05, 4.69) is 12.2 Å². The molecule has 0 spiro atoms. The van der Waals surface area contributed by atoms with Crippen LogP contribution in [0.3, 0.4) is 0 Å². The van der Waals surface area contributed by atoms with Gasteiger partial charge in [0.05, 0.1) is 10.7 Å². The summed E-state index contributed by atoms with van der Waals surface area (Å²) in [6, 6.07) is 6.58. The Morgan fingerprint density at radius 1 is 1.40 bits per heavy atom. The Hall–Kier alpha value is -1.56. The predicted molar refractivity (Wildman–Crippen MR) is 78.8 cm³/mol. The third kappa shape index (κ3) is 4.23. The highest BCUT2D eigenvalue weighted by Crippen LogP contribution is 2.25. The molecule has 1 aromatic rings. The van der Waals surface area contributed by atoms with Crippen molar-refractivity contribution in [2.45, 2.75) is 37.1 Å². The van der Waals surface area contributed by atoms with Crippen molar-refractivity contribution >= 4 is 23.4 Å². The number of thioether (sulfide) groups is 1. The first-order valence-corrected chi connectivity index (χ1v) is 7.70. The number of hydrogen-bond acceptors (Lipinski definition) is 4. The van der Waals surface area contributed by atoms with E-state index in [1.54, 1.807) is 12.1 Å². The quantitative estimate of drug-likeness (QED) is 0.515. The number of nitro benzene ring substituents is 1. The molecule has 0 saturated heterocycles. The van der Waals surface area contributed by atoms with E-state index in [1.807, 2.05) is 0 Å². The topological polar surface area (TPSA) is 72.2 Å². The molecule has 2 unspecified atom stereocenters. The third-order valence-electron chi connectivity index (χ3n) is 3.48. The van der Waals surface area contributed by atoms with Gasteiger partial charge in [0.2, 0.25) is 5.91 Å². The molecule has 108 valence electrons. The van der Waals surface area contributed by atoms with E-state index in [-0.39, 0.29) is 11.6 Å². The molecule has 0 aromatic heterocycles. The number of carbonyl (C=O) groups excluding carboxylic acids is 1. The highest BCUT2D eigenvalue weighted by Gasteiger charge is 2.22. The van der Waals surface area contributed by atoms with Gasteiger partial charge in [-0.1, -0.05) is 6.92 Å². The third-order valence-corrected chi connectivity index (χ3v) is 4.49. The average Bonchev–Trinajstić information content (AvgIpc) is 2.82. The zero-order valence-corrected chi connectivity index (χ0v) is 12.2. The van der Waals surface area contributed by atoms with Crippen molar-refractivity contribution in [2.24, 2.45) is 5.92 Å². The summed E-state index contributed by atoms with van der Waals surface area (Å²) in [4.78, 5) is 22.8. The minimum Gasteiger partial charge on any atom is -0.353 e. The van der Waals surface area contributed by atoms with Gasteiger partial charge in [-0.2, -0.15) is 0 Å². The molecule has 1 fully saturated rings. The summed E-state index contributed by atoms with van der Waals surface area (Å²) >= 11 is 1.40. The largest absolute Gasteiger partial charge is 0.353 e. The number of nitrogens with zero attached hydrogens (tertiary/aromatic N) is 1. The van der Waals surface area contributed by atoms with Crippen LogP contribution in [0.1, 0.15) is 26.2 Å². The van der Waals surface area contributed by atoms with E-state index in [9.17, 15) is 14.9 Å². The van der Waals surface area contributed by atoms with Gasteiger partial charge in [0.25, 0.3) is 5.69 Å². The van der Waals surface area contributed by atoms with Crippen LogP contribution in [-0.2, 0) is 4.79 Å². The van der Waals surface area contributed by atoms with Gasteiger partial charge in [-0.25, -0.2) is 0 Å². The Labute approximate surface area is 122 Å². The van der Waals surface area contributed by atoms with E-state index >= 15 is 0 Å². The summed E-state index contributed by atoms with van der Waals surface area (Å²) in [6.07, 6.45) is 3.31. The number of nitrogens with one attached hydrogen (secondary N) is 1. The van der Waals surface area contributed by atoms with Crippen molar-refractivity contribution in [1.29, 1.82) is 0 Å². The maximum atomic E-state index is 11.8. The highest BCUT2D eigenvalue weighted by molar-refractivity contribution is 8.00. The molecule has 0 bridgehead atoms. The first-order valence-electron chi connectivity index (χ1n) is 6.71. The molecule has 5 nitrogen and oxygen atoms in total. The van der Waals surface area contributed by atoms with Crippen molar-refractivity contribution in [3.63, 3.8) is 0 Å². The summed E-state index contributed by atoms with van der Waals surface area (Å²) in [7, 11) is 0. The fraction of sp³-hybridized carbons (Fsp3) is 0.500. The zero-order valence-electron chi connectivity index (χ0n) is 11.4. The van der Waals surface area contributed by atoms with E-state index < -0.39 is 4.92 Å². The number of amides is 1. The van der Waals surface area contributed by atoms with Crippen LogP contribution >= 0.6 is 11.8 Å². The van der Waals surface area contributed by atoms with Gasteiger partial charge in [-0.3, -0.25) is 14.9 Å². The van der Waals surface area contributed by atoms with Crippen molar-refractivity contribution in [1.82, 2.24) is 5.32 Å². The lowest BCUT2D eigenvalue weighted by atomic mass is 10.1. The van der Waals surface area contributed by atoms with Gasteiger partial charge in [-0.05, 0) is 37.3 Å². The number of carbonyl (C=O) groups is 1. The second-order valence-electron chi connectivity index (χ2n) is 5.22. The SMILES string of the molecule is CC1CCC(NC(=O)CSc2ccc([N+](=O)[O-])cc2)C1. The molecule has 1 aromatic carbocycles. The fourth-order valence-corrected chi connectivity index (χ4v) is 3.13. The van der Waals surface area contributed by atoms with E-state index in [0.29, 0.717) is 17.7 Å². The van der Waals surface area contributed by atoms with E-state index in [1.165, 1.54) is 30.3 Å². The lowest BCUT2D eigenvalue weighted by molar-refractivity contribution is -0.384. The van der Waals surface area contributed by atoms with Crippen LogP contribution in [0.4, 0.5) is 5.69 Å². The summed E-state index contributed by atoms with van der Waals surface area (Å²) in [5.74, 6) is 1.08. The Balaban J connectivity index is 1.76. The van der Waals surface area contributed by atoms with Gasteiger partial charge in [0.15, 0.2) is 0 Å². The molecular weight excluding hydrogens is 276 g/mol. The molecule has 2 rings (SSSR count). The number of hydrogen-bond donors (Lipinski definition) is 1. The van der Waals surface area contributed by atoms with Crippen molar-refractivity contribution in [3.05, 3.63) is 34.4 Å². The van der Waals surface area contributed by atoms with Crippen LogP contribution in [0, 0.1) is 16.0 Å². The summed E-state index contributed by atoms with van der Waals surface area (Å²) in [6.45, 7) is 2.21. The van der Waals surface area contributed by atoms with Crippen LogP contribution in [-0.4, -0.2) is 22.6 Å². The van der Waals surface area contributed by atoms with E-state index in [4.69, 9.17) is 0 Å². The van der Waals surface area contributed by atoms with Crippen LogP contribution in [0.5, 0.6) is 0 Å². The van der Waals surface area contributed by atoms with Gasteiger partial charge < -0.3 is 5.32 Å². The molecule has 2 atom stereocenters. The summed E-state index contributed by atoms with van der Waals surface area (Å²) in [5.41, 5.74) is 0.0683. The molecular formula is C14H18N2O3S. The second kappa shape index (κ2) is 6.74. The molecule has 6 heteroatoms. The number of rotatable bonds is 5. The van der Waals surface area contributed by atoms with Crippen LogP contribution in [0.25, 0.3) is 0 Å². The van der Waals surface area contributed by atoms with Gasteiger partial charge in [0, 0.05) is 23.1 Å². The summed E-state index contributed by atoms with van der Waals surface area (Å²) in [5, 5.41) is 13.6. The highest BCUT2D eigenvalue weighted by atomic mass is 32.2. The zero-order chi connectivity index (χ0) is 14.5. The van der Waals surface area contributed by atoms with Gasteiger partial charge in [0.1, 0.15) is 0 Å². The van der Waals surface area contributed by atoms with Crippen LogP contribution < -0.4 is 5.32 Å². The Morgan fingerprint density at radius 2 is 2.10 bits per heavy atom. The molecule has 1 aliphatic rings. The molecule has 20 heavy (non-hydrogen) atoms. The molecule has 1 amide bonds. The molecule has 1 N–H and O–H groups in total. The Morgan fingerprint density at radius 3 is 2.65 bits per heavy atom. The normalized spacial score (nSPS) is 21.6. The first kappa shape index (κ1) is 14.8. The molecule has 1 saturated carbocycles. The van der Waals surface area contributed by atoms with Crippen molar-refractivity contribution in [3.8, 4) is 0 Å². The van der Waals surface area contributed by atoms with Crippen LogP contribution in [0.15, 0.2) is 29.2 Å². The fourth-order valence-electron chi connectivity index (χ4n) is 2.42. The lowest BCUT2D eigenvalue weighted by Gasteiger charge is -2.12. The summed E-state index contributed by atoms with van der Waals surface area (Å²) < 4.78 is 0. The molecule has 0 heterocycles. The smallest absolute Gasteiger partial charge is 0.269 e. The lowest BCUT2D eigenvalue weighted by Crippen LogP contribution is -2.34. The van der Waals surface area contributed by atoms with Crippen molar-refractivity contribution < 1.29 is 9.72 Å². The Kier molecular flexibility index (Phi) is 5.00. The monoisotopic (exact) mass is 294 g/mol. The van der Waals surface area contributed by atoms with E-state index in [0.717, 1.165) is 17.7 Å². The van der Waals surface area contributed by atoms with Gasteiger partial charge >= 0.3 is 0 Å². The minimum absolute atomic E-state index is 0.0347. The molecule has 0 radical (unpaired) electrons. The first-order chi connectivity index (χ1) is 9.54. The number of benzene rings is 1. The number of nitro groups is 1. The maximum absolute atomic E-state index is 11.8. The maximum Gasteiger partial charge on any atom is 0.269 e. The number of non-ortho nitro benzene ring substituents is 1. The second-order valence-corrected chi connectivity index (χ2v) is 6.27. The standard InChI is InChI=1S/C14H18N2O3S/c1-10-2-3-11(8-10)15-14(17)9-20-13-6-4-12(5-7-13)16(18)19/h4-7,10-11H,2-3,8-9H2,1H3,(H,15,17). The Bertz CT molecular complexity index is 490. The predicted octanol–water partition coefficient (Wildman–Crippen LogP) is 2.99. The van der Waals surface area contributed by atoms with Gasteiger partial charge in [-0.15, -0.1) is 11.8 Å². The van der Waals surface area contributed by atoms with Crippen molar-refractivity contribution in [2.75, 3.05) is 5.75 Å². The molecule has 1 aliphatic carbocycles. The molecule has 0 aliphatic heterocycles. The minimum atomic E-state index is -0.428. The van der Waals surface area contributed by atoms with Crippen LogP contribution in [0.2, 0.25) is 0 Å². The average molecular weight is 294 g/mol.